The Morgan fingerprint density at radius 3 is 1.57 bits per heavy atom. The Morgan fingerprint density at radius 1 is 0.701 bits per heavy atom. The van der Waals surface area contributed by atoms with Crippen LogP contribution in [0.5, 0.6) is 0 Å². The highest BCUT2D eigenvalue weighted by atomic mass is 35.6. The molecule has 0 aliphatic rings. The number of aromatic nitrogens is 3. The van der Waals surface area contributed by atoms with E-state index in [1.165, 1.54) is 40.6 Å². The molecule has 0 radical (unpaired) electrons. The maximum Gasteiger partial charge on any atom is 0.407 e. The lowest BCUT2D eigenvalue weighted by Crippen LogP contribution is -2.46. The second-order valence-electron chi connectivity index (χ2n) is 15.6. The molecule has 22 heteroatoms. The summed E-state index contributed by atoms with van der Waals surface area (Å²) in [5.74, 6) is -9.84. The molecule has 4 N–H and O–H groups in total. The zero-order chi connectivity index (χ0) is 50.1. The first-order chi connectivity index (χ1) is 31.1. The molecule has 0 bridgehead atoms. The predicted octanol–water partition coefficient (Wildman–Crippen LogP) is 10.3. The van der Waals surface area contributed by atoms with Crippen molar-refractivity contribution < 1.29 is 45.8 Å². The van der Waals surface area contributed by atoms with Crippen molar-refractivity contribution in [2.45, 2.75) is 67.8 Å². The van der Waals surface area contributed by atoms with Crippen LogP contribution in [-0.2, 0) is 20.2 Å². The molecule has 0 fully saturated rings. The van der Waals surface area contributed by atoms with E-state index < -0.39 is 76.7 Å². The van der Waals surface area contributed by atoms with Crippen LogP contribution in [-0.4, -0.2) is 66.5 Å². The van der Waals surface area contributed by atoms with Crippen LogP contribution < -0.4 is 37.3 Å². The van der Waals surface area contributed by atoms with Gasteiger partial charge in [0.25, 0.3) is 15.0 Å². The molecule has 6 rings (SSSR count). The van der Waals surface area contributed by atoms with Gasteiger partial charge in [0.2, 0.25) is 5.43 Å². The zero-order valence-corrected chi connectivity index (χ0v) is 40.7. The summed E-state index contributed by atoms with van der Waals surface area (Å²) in [5.41, 5.74) is -2.12. The second kappa shape index (κ2) is 25.1. The highest BCUT2D eigenvalue weighted by Crippen LogP contribution is 2.33. The first-order valence-electron chi connectivity index (χ1n) is 19.7. The van der Waals surface area contributed by atoms with Gasteiger partial charge in [0.1, 0.15) is 22.4 Å². The molecule has 67 heavy (non-hydrogen) atoms. The number of amides is 3. The summed E-state index contributed by atoms with van der Waals surface area (Å²) in [4.78, 5) is 55.4. The second-order valence-corrected chi connectivity index (χ2v) is 21.3. The number of benzene rings is 3. The number of oxazole rings is 1. The molecular weight excluding hydrogens is 985 g/mol. The van der Waals surface area contributed by atoms with Gasteiger partial charge in [-0.25, -0.2) is 14.6 Å². The van der Waals surface area contributed by atoms with Crippen LogP contribution in [0.1, 0.15) is 47.4 Å². The third-order valence-corrected chi connectivity index (χ3v) is 10.1. The van der Waals surface area contributed by atoms with Gasteiger partial charge in [-0.15, -0.1) is 0 Å². The van der Waals surface area contributed by atoms with Crippen molar-refractivity contribution in [2.75, 3.05) is 18.4 Å². The summed E-state index contributed by atoms with van der Waals surface area (Å²) in [5, 5.41) is 9.79. The Balaban J connectivity index is 0.000000253. The van der Waals surface area contributed by atoms with Gasteiger partial charge >= 0.3 is 24.0 Å². The Morgan fingerprint density at radius 2 is 1.15 bits per heavy atom. The summed E-state index contributed by atoms with van der Waals surface area (Å²) in [6, 6.07) is 34.8. The molecule has 0 spiro atoms. The summed E-state index contributed by atoms with van der Waals surface area (Å²) >= 11 is 19.3. The van der Waals surface area contributed by atoms with Gasteiger partial charge in [0.05, 0.1) is 19.3 Å². The van der Waals surface area contributed by atoms with E-state index in [-0.39, 0.29) is 16.8 Å². The van der Waals surface area contributed by atoms with Gasteiger partial charge in [-0.3, -0.25) is 14.6 Å². The average molecular weight is 1030 g/mol. The fourth-order valence-corrected chi connectivity index (χ4v) is 7.30. The number of rotatable bonds is 10. The van der Waals surface area contributed by atoms with Crippen LogP contribution in [0.4, 0.5) is 32.8 Å². The molecule has 0 aliphatic heterocycles. The number of hydrogen-bond donors (Lipinski definition) is 4. The molecule has 13 nitrogen and oxygen atoms in total. The van der Waals surface area contributed by atoms with Crippen LogP contribution in [0.3, 0.4) is 0 Å². The molecule has 0 unspecified atom stereocenters. The van der Waals surface area contributed by atoms with Crippen molar-refractivity contribution in [3.05, 3.63) is 144 Å². The van der Waals surface area contributed by atoms with E-state index in [4.69, 9.17) is 60.3 Å². The van der Waals surface area contributed by atoms with Crippen molar-refractivity contribution in [1.29, 1.82) is 0 Å². The Kier molecular flexibility index (Phi) is 20.9. The van der Waals surface area contributed by atoms with E-state index in [9.17, 15) is 36.7 Å². The lowest BCUT2D eigenvalue weighted by Gasteiger charge is -2.21. The number of fused-ring (bicyclic) bond motifs is 1. The third kappa shape index (κ3) is 21.4. The van der Waals surface area contributed by atoms with E-state index in [1.54, 1.807) is 52.2 Å². The van der Waals surface area contributed by atoms with Gasteiger partial charge < -0.3 is 34.8 Å². The number of alkyl halides is 8. The van der Waals surface area contributed by atoms with E-state index in [1.807, 2.05) is 5.32 Å². The molecule has 3 amide bonds. The number of ether oxygens (including phenoxy) is 2. The van der Waals surface area contributed by atoms with E-state index in [0.29, 0.717) is 0 Å². The van der Waals surface area contributed by atoms with Gasteiger partial charge in [-0.2, -0.15) is 17.6 Å². The number of carbonyl (C=O) groups is 3. The lowest BCUT2D eigenvalue weighted by molar-refractivity contribution is -0.138. The Bertz CT molecular complexity index is 2410. The smallest absolute Gasteiger partial charge is 0.407 e. The van der Waals surface area contributed by atoms with Crippen molar-refractivity contribution in [3.8, 4) is 0 Å². The van der Waals surface area contributed by atoms with Crippen LogP contribution in [0.25, 0.3) is 11.1 Å². The van der Waals surface area contributed by atoms with Gasteiger partial charge in [0.15, 0.2) is 5.58 Å². The van der Waals surface area contributed by atoms with Crippen molar-refractivity contribution >= 4 is 105 Å². The number of anilines is 1. The maximum absolute atomic E-state index is 13.9. The van der Waals surface area contributed by atoms with E-state index >= 15 is 0 Å². The fraction of sp³-hybridized carbons (Fsp3) is 0.289. The van der Waals surface area contributed by atoms with Crippen molar-refractivity contribution in [3.63, 3.8) is 0 Å². The minimum Gasteiger partial charge on any atom is -0.444 e. The number of aromatic amines is 1. The first kappa shape index (κ1) is 55.9. The number of alkyl carbamates (subject to hydrolysis) is 2. The maximum atomic E-state index is 13.9. The molecule has 0 saturated carbocycles. The minimum atomic E-state index is -3.90. The molecule has 0 saturated heterocycles. The molecule has 3 aromatic carbocycles. The number of pyridine rings is 2. The topological polar surface area (TPSA) is 178 Å². The standard InChI is InChI=1S/C18H15P.C13H17F2N3O4.C13H15F2N3O3.CCl4/c1-4-10-16(11-5-1)19(17-12-6-2-7-13-17)18-14-8-3-9-15-18;1-12(2,3)22-11(21)17-7-13(14,15)10(20)18-8-6-16-5-4-9(8)19;1-12(2,3)21-11(19)17-7-13(14,15)10-18-8-6-16-5-4-9(8)20-10;2-1(3,4)5/h1-15H;4-6H,7H2,1-3H3,(H,16,19)(H,17,21)(H,18,20);4-6H,7H2,1-3H3,(H,17,19);. The van der Waals surface area contributed by atoms with Crippen molar-refractivity contribution in [1.82, 2.24) is 25.6 Å². The average Bonchev–Trinajstić information content (AvgIpc) is 3.69. The predicted molar refractivity (Wildman–Crippen MR) is 256 cm³/mol. The quantitative estimate of drug-likeness (QED) is 0.0591. The number of halogens is 8. The van der Waals surface area contributed by atoms with Crippen molar-refractivity contribution in [2.24, 2.45) is 0 Å². The number of nitrogens with zero attached hydrogens (tertiary/aromatic N) is 2. The largest absolute Gasteiger partial charge is 0.444 e. The Hall–Kier alpha value is -5.45. The molecule has 3 aromatic heterocycles. The van der Waals surface area contributed by atoms with Gasteiger partial charge in [-0.1, -0.05) is 137 Å². The summed E-state index contributed by atoms with van der Waals surface area (Å²) in [7, 11) is -0.446. The summed E-state index contributed by atoms with van der Waals surface area (Å²) in [6.45, 7) is 7.40. The third-order valence-electron chi connectivity index (χ3n) is 7.66. The zero-order valence-electron chi connectivity index (χ0n) is 36.8. The number of hydrogen-bond acceptors (Lipinski definition) is 9. The van der Waals surface area contributed by atoms with Gasteiger partial charge in [0, 0.05) is 30.7 Å². The van der Waals surface area contributed by atoms with Crippen LogP contribution >= 0.6 is 54.3 Å². The molecule has 360 valence electrons. The minimum absolute atomic E-state index is 0.206. The first-order valence-corrected chi connectivity index (χ1v) is 22.6. The van der Waals surface area contributed by atoms with E-state index in [2.05, 4.69) is 106 Å². The Labute approximate surface area is 405 Å². The highest BCUT2D eigenvalue weighted by Gasteiger charge is 2.40. The molecule has 3 heterocycles. The number of carbonyl (C=O) groups excluding carboxylic acids is 3. The molecular formula is C45H47Cl4F4N6O7P. The number of nitrogens with one attached hydrogen (secondary N) is 4. The van der Waals surface area contributed by atoms with Crippen LogP contribution in [0.15, 0.2) is 137 Å². The molecule has 0 atom stereocenters. The SMILES string of the molecule is CC(C)(C)OC(=O)NCC(F)(F)C(=O)Nc1c[nH]ccc1=O.CC(C)(C)OC(=O)NCC(F)(F)c1nc2cnccc2o1.ClC(Cl)(Cl)Cl.c1ccc(P(c2ccccc2)c2ccccc2)cc1. The normalized spacial score (nSPS) is 11.6. The highest BCUT2D eigenvalue weighted by molar-refractivity contribution is 7.79. The molecule has 6 aromatic rings. The van der Waals surface area contributed by atoms with E-state index in [0.717, 1.165) is 12.3 Å². The van der Waals surface area contributed by atoms with Crippen LogP contribution in [0, 0.1) is 0 Å². The number of H-pyrrole nitrogens is 1. The monoisotopic (exact) mass is 1030 g/mol. The lowest BCUT2D eigenvalue weighted by atomic mass is 10.2. The summed E-state index contributed by atoms with van der Waals surface area (Å²) in [6.07, 6.45) is 3.10. The van der Waals surface area contributed by atoms with Crippen LogP contribution in [0.2, 0.25) is 0 Å². The molecule has 0 aliphatic carbocycles. The van der Waals surface area contributed by atoms with Gasteiger partial charge in [-0.05, 0) is 65.4 Å². The fourth-order valence-electron chi connectivity index (χ4n) is 4.99. The summed E-state index contributed by atoms with van der Waals surface area (Å²) < 4.78 is 68.2.